The molecule has 0 atom stereocenters. The van der Waals surface area contributed by atoms with E-state index in [0.29, 0.717) is 12.2 Å². The summed E-state index contributed by atoms with van der Waals surface area (Å²) in [4.78, 5) is 30.2. The number of imide groups is 1. The first-order valence-corrected chi connectivity index (χ1v) is 4.22. The average molecular weight is 195 g/mol. The van der Waals surface area contributed by atoms with Crippen LogP contribution in [-0.4, -0.2) is 40.0 Å². The second-order valence-corrected chi connectivity index (χ2v) is 2.91. The maximum absolute atomic E-state index is 11.5. The number of amides is 2. The van der Waals surface area contributed by atoms with E-state index in [1.807, 2.05) is 0 Å². The van der Waals surface area contributed by atoms with Crippen molar-refractivity contribution in [3.63, 3.8) is 0 Å². The quantitative estimate of drug-likeness (QED) is 0.716. The molecule has 2 rings (SSSR count). The van der Waals surface area contributed by atoms with Crippen molar-refractivity contribution in [1.82, 2.24) is 14.9 Å². The second kappa shape index (κ2) is 3.49. The van der Waals surface area contributed by atoms with Gasteiger partial charge in [0.2, 0.25) is 5.91 Å². The Balaban J connectivity index is 1.99. The molecule has 0 spiro atoms. The molecule has 0 unspecified atom stereocenters. The standard InChI is InChI=1S/C8H9N3O3/c12-7(3-6-4-9-5-10-6)11-1-2-14-8(11)13/h4-5H,1-3H2,(H,9,10). The van der Waals surface area contributed by atoms with Gasteiger partial charge in [-0.3, -0.25) is 4.79 Å². The number of imidazole rings is 1. The van der Waals surface area contributed by atoms with E-state index in [1.165, 1.54) is 6.33 Å². The summed E-state index contributed by atoms with van der Waals surface area (Å²) >= 11 is 0. The highest BCUT2D eigenvalue weighted by Crippen LogP contribution is 2.06. The Morgan fingerprint density at radius 3 is 3.14 bits per heavy atom. The maximum Gasteiger partial charge on any atom is 0.416 e. The molecule has 0 aliphatic carbocycles. The lowest BCUT2D eigenvalue weighted by Crippen LogP contribution is -2.32. The number of carbonyl (C=O) groups excluding carboxylic acids is 2. The second-order valence-electron chi connectivity index (χ2n) is 2.91. The fraction of sp³-hybridized carbons (Fsp3) is 0.375. The number of hydrogen-bond acceptors (Lipinski definition) is 4. The van der Waals surface area contributed by atoms with Crippen molar-refractivity contribution in [2.45, 2.75) is 6.42 Å². The zero-order valence-electron chi connectivity index (χ0n) is 7.40. The first kappa shape index (κ1) is 8.74. The zero-order valence-corrected chi connectivity index (χ0v) is 7.40. The van der Waals surface area contributed by atoms with Gasteiger partial charge in [0.05, 0.1) is 19.3 Å². The summed E-state index contributed by atoms with van der Waals surface area (Å²) in [5, 5.41) is 0. The Hall–Kier alpha value is -1.85. The molecule has 6 heteroatoms. The molecule has 2 heterocycles. The molecule has 1 aromatic heterocycles. The SMILES string of the molecule is O=C(Cc1cnc[nH]1)N1CCOC1=O. The smallest absolute Gasteiger partial charge is 0.416 e. The van der Waals surface area contributed by atoms with Gasteiger partial charge in [0, 0.05) is 11.9 Å². The van der Waals surface area contributed by atoms with Crippen LogP contribution in [0.3, 0.4) is 0 Å². The summed E-state index contributed by atoms with van der Waals surface area (Å²) in [6.07, 6.45) is 2.63. The van der Waals surface area contributed by atoms with Gasteiger partial charge in [0.15, 0.2) is 0 Å². The van der Waals surface area contributed by atoms with Gasteiger partial charge in [-0.1, -0.05) is 0 Å². The van der Waals surface area contributed by atoms with Crippen molar-refractivity contribution in [2.24, 2.45) is 0 Å². The molecule has 1 fully saturated rings. The van der Waals surface area contributed by atoms with E-state index >= 15 is 0 Å². The van der Waals surface area contributed by atoms with E-state index in [2.05, 4.69) is 14.7 Å². The lowest BCUT2D eigenvalue weighted by Gasteiger charge is -2.08. The third-order valence-corrected chi connectivity index (χ3v) is 1.96. The molecular formula is C8H9N3O3. The van der Waals surface area contributed by atoms with Crippen LogP contribution in [0.4, 0.5) is 4.79 Å². The van der Waals surface area contributed by atoms with E-state index in [-0.39, 0.29) is 18.9 Å². The van der Waals surface area contributed by atoms with E-state index in [0.717, 1.165) is 4.90 Å². The third-order valence-electron chi connectivity index (χ3n) is 1.96. The number of nitrogens with one attached hydrogen (secondary N) is 1. The number of aromatic nitrogens is 2. The summed E-state index contributed by atoms with van der Waals surface area (Å²) < 4.78 is 4.65. The lowest BCUT2D eigenvalue weighted by atomic mass is 10.3. The highest BCUT2D eigenvalue weighted by molar-refractivity contribution is 5.93. The van der Waals surface area contributed by atoms with Crippen LogP contribution in [0.5, 0.6) is 0 Å². The Kier molecular flexibility index (Phi) is 2.18. The number of cyclic esters (lactones) is 1. The Morgan fingerprint density at radius 2 is 2.57 bits per heavy atom. The van der Waals surface area contributed by atoms with Gasteiger partial charge in [0.25, 0.3) is 0 Å². The van der Waals surface area contributed by atoms with Gasteiger partial charge in [-0.15, -0.1) is 0 Å². The summed E-state index contributed by atoms with van der Waals surface area (Å²) in [5.41, 5.74) is 0.690. The largest absolute Gasteiger partial charge is 0.447 e. The van der Waals surface area contributed by atoms with Crippen molar-refractivity contribution >= 4 is 12.0 Å². The molecule has 0 radical (unpaired) electrons. The van der Waals surface area contributed by atoms with Crippen molar-refractivity contribution in [1.29, 1.82) is 0 Å². The molecule has 14 heavy (non-hydrogen) atoms. The van der Waals surface area contributed by atoms with Gasteiger partial charge in [-0.2, -0.15) is 0 Å². The zero-order chi connectivity index (χ0) is 9.97. The number of nitrogens with zero attached hydrogens (tertiary/aromatic N) is 2. The van der Waals surface area contributed by atoms with Crippen LogP contribution in [-0.2, 0) is 16.0 Å². The molecular weight excluding hydrogens is 186 g/mol. The van der Waals surface area contributed by atoms with Crippen molar-refractivity contribution in [3.8, 4) is 0 Å². The van der Waals surface area contributed by atoms with Crippen LogP contribution in [0, 0.1) is 0 Å². The molecule has 1 saturated heterocycles. The van der Waals surface area contributed by atoms with Gasteiger partial charge in [-0.25, -0.2) is 14.7 Å². The average Bonchev–Trinajstić information content (AvgIpc) is 2.75. The summed E-state index contributed by atoms with van der Waals surface area (Å²) in [6.45, 7) is 0.624. The fourth-order valence-electron chi connectivity index (χ4n) is 1.26. The molecule has 6 nitrogen and oxygen atoms in total. The fourth-order valence-corrected chi connectivity index (χ4v) is 1.26. The molecule has 0 aromatic carbocycles. The monoisotopic (exact) mass is 195 g/mol. The van der Waals surface area contributed by atoms with E-state index < -0.39 is 6.09 Å². The van der Waals surface area contributed by atoms with E-state index in [1.54, 1.807) is 6.20 Å². The van der Waals surface area contributed by atoms with E-state index in [9.17, 15) is 9.59 Å². The molecule has 74 valence electrons. The van der Waals surface area contributed by atoms with Crippen LogP contribution < -0.4 is 0 Å². The van der Waals surface area contributed by atoms with Crippen molar-refractivity contribution in [2.75, 3.05) is 13.2 Å². The minimum Gasteiger partial charge on any atom is -0.447 e. The highest BCUT2D eigenvalue weighted by atomic mass is 16.6. The van der Waals surface area contributed by atoms with Gasteiger partial charge in [-0.05, 0) is 0 Å². The normalized spacial score (nSPS) is 15.7. The number of ether oxygens (including phenoxy) is 1. The third kappa shape index (κ3) is 1.59. The van der Waals surface area contributed by atoms with Crippen LogP contribution in [0.2, 0.25) is 0 Å². The van der Waals surface area contributed by atoms with Crippen LogP contribution in [0.25, 0.3) is 0 Å². The van der Waals surface area contributed by atoms with Gasteiger partial charge in [0.1, 0.15) is 6.61 Å². The number of aromatic amines is 1. The Bertz CT molecular complexity index is 347. The molecule has 1 N–H and O–H groups in total. The molecule has 1 aromatic rings. The van der Waals surface area contributed by atoms with E-state index in [4.69, 9.17) is 0 Å². The Labute approximate surface area is 79.9 Å². The van der Waals surface area contributed by atoms with Crippen LogP contribution in [0.15, 0.2) is 12.5 Å². The predicted octanol–water partition coefficient (Wildman–Crippen LogP) is -0.0690. The van der Waals surface area contributed by atoms with Crippen LogP contribution in [0.1, 0.15) is 5.69 Å². The predicted molar refractivity (Wildman–Crippen MR) is 45.4 cm³/mol. The van der Waals surface area contributed by atoms with Crippen molar-refractivity contribution in [3.05, 3.63) is 18.2 Å². The number of H-pyrrole nitrogens is 1. The number of hydrogen-bond donors (Lipinski definition) is 1. The highest BCUT2D eigenvalue weighted by Gasteiger charge is 2.28. The summed E-state index contributed by atoms with van der Waals surface area (Å²) in [5.74, 6) is -0.267. The number of rotatable bonds is 2. The summed E-state index contributed by atoms with van der Waals surface area (Å²) in [7, 11) is 0. The minimum atomic E-state index is -0.561. The molecule has 1 aliphatic rings. The minimum absolute atomic E-state index is 0.148. The van der Waals surface area contributed by atoms with Gasteiger partial charge < -0.3 is 9.72 Å². The van der Waals surface area contributed by atoms with Gasteiger partial charge >= 0.3 is 6.09 Å². The molecule has 1 aliphatic heterocycles. The first-order valence-electron chi connectivity index (χ1n) is 4.22. The molecule has 2 amide bonds. The molecule has 0 bridgehead atoms. The topological polar surface area (TPSA) is 75.3 Å². The Morgan fingerprint density at radius 1 is 1.71 bits per heavy atom. The molecule has 0 saturated carbocycles. The van der Waals surface area contributed by atoms with Crippen molar-refractivity contribution < 1.29 is 14.3 Å². The van der Waals surface area contributed by atoms with Crippen LogP contribution >= 0.6 is 0 Å². The maximum atomic E-state index is 11.5. The summed E-state index contributed by atoms with van der Waals surface area (Å²) in [6, 6.07) is 0. The first-order chi connectivity index (χ1) is 6.77. The number of carbonyl (C=O) groups is 2. The lowest BCUT2D eigenvalue weighted by molar-refractivity contribution is -0.127.